The van der Waals surface area contributed by atoms with Crippen LogP contribution >= 0.6 is 23.7 Å². The number of rotatable bonds is 9. The van der Waals surface area contributed by atoms with Crippen LogP contribution in [0.1, 0.15) is 49.9 Å². The first-order valence-electron chi connectivity index (χ1n) is 13.4. The lowest BCUT2D eigenvalue weighted by Crippen LogP contribution is -2.41. The van der Waals surface area contributed by atoms with Crippen molar-refractivity contribution in [3.63, 3.8) is 0 Å². The molecule has 1 spiro atoms. The van der Waals surface area contributed by atoms with Gasteiger partial charge in [-0.2, -0.15) is 0 Å². The molecular weight excluding hydrogens is 520 g/mol. The van der Waals surface area contributed by atoms with Gasteiger partial charge in [-0.25, -0.2) is 9.97 Å². The zero-order valence-corrected chi connectivity index (χ0v) is 24.0. The normalized spacial score (nSPS) is 21.3. The highest BCUT2D eigenvalue weighted by Crippen LogP contribution is 2.54. The number of carbonyl (C=O) groups is 1. The molecule has 0 bridgehead atoms. The highest BCUT2D eigenvalue weighted by atomic mass is 32.2. The van der Waals surface area contributed by atoms with E-state index in [1.165, 1.54) is 24.8 Å². The number of ether oxygens (including phenoxy) is 1. The van der Waals surface area contributed by atoms with Crippen molar-refractivity contribution in [2.45, 2.75) is 55.8 Å². The minimum absolute atomic E-state index is 0.0342. The monoisotopic (exact) mass is 558 g/mol. The fourth-order valence-corrected chi connectivity index (χ4v) is 6.19. The summed E-state index contributed by atoms with van der Waals surface area (Å²) in [6.45, 7) is 8.16. The molecule has 2 aromatic rings. The molecule has 3 fully saturated rings. The minimum atomic E-state index is -0.215. The Morgan fingerprint density at radius 1 is 1.21 bits per heavy atom. The highest BCUT2D eigenvalue weighted by molar-refractivity contribution is 8.01. The molecule has 2 atom stereocenters. The van der Waals surface area contributed by atoms with Crippen molar-refractivity contribution in [1.29, 1.82) is 0 Å². The molecule has 0 unspecified atom stereocenters. The van der Waals surface area contributed by atoms with Crippen LogP contribution < -0.4 is 19.8 Å². The second-order valence-corrected chi connectivity index (χ2v) is 12.7. The van der Waals surface area contributed by atoms with E-state index in [-0.39, 0.29) is 23.9 Å². The summed E-state index contributed by atoms with van der Waals surface area (Å²) in [6, 6.07) is 5.85. The van der Waals surface area contributed by atoms with Gasteiger partial charge in [-0.15, -0.1) is 11.8 Å². The van der Waals surface area contributed by atoms with E-state index in [1.54, 1.807) is 18.0 Å². The van der Waals surface area contributed by atoms with Gasteiger partial charge in [0.15, 0.2) is 0 Å². The van der Waals surface area contributed by atoms with Gasteiger partial charge in [0, 0.05) is 48.6 Å². The Morgan fingerprint density at radius 3 is 2.68 bits per heavy atom. The Balaban J connectivity index is 1.37. The van der Waals surface area contributed by atoms with E-state index in [1.807, 2.05) is 31.4 Å². The summed E-state index contributed by atoms with van der Waals surface area (Å²) in [4.78, 5) is 28.6. The summed E-state index contributed by atoms with van der Waals surface area (Å²) < 4.78 is 8.95. The third-order valence-corrected chi connectivity index (χ3v) is 9.35. The maximum absolute atomic E-state index is 13.6. The molecule has 2 aliphatic heterocycles. The number of hydrogen-bond donors (Lipinski definition) is 3. The summed E-state index contributed by atoms with van der Waals surface area (Å²) in [5.41, 5.74) is 1.96. The van der Waals surface area contributed by atoms with Gasteiger partial charge in [-0.1, -0.05) is 0 Å². The largest absolute Gasteiger partial charge is 0.395 e. The van der Waals surface area contributed by atoms with Gasteiger partial charge in [0.25, 0.3) is 5.91 Å². The molecule has 3 aliphatic rings. The molecule has 2 aromatic heterocycles. The average molecular weight is 559 g/mol. The number of aliphatic hydroxyl groups excluding tert-OH is 1. The van der Waals surface area contributed by atoms with Crippen LogP contribution in [0.5, 0.6) is 0 Å². The number of aromatic nitrogens is 2. The summed E-state index contributed by atoms with van der Waals surface area (Å²) in [5.74, 6) is 1.87. The van der Waals surface area contributed by atoms with Gasteiger partial charge in [0.1, 0.15) is 17.5 Å². The average Bonchev–Trinajstić information content (AvgIpc) is 3.70. The molecule has 0 radical (unpaired) electrons. The number of nitrogens with one attached hydrogen (secondary N) is 2. The van der Waals surface area contributed by atoms with E-state index < -0.39 is 0 Å². The Labute approximate surface area is 233 Å². The Morgan fingerprint density at radius 2 is 2.00 bits per heavy atom. The molecule has 4 heterocycles. The lowest BCUT2D eigenvalue weighted by molar-refractivity contribution is 0.0527. The van der Waals surface area contributed by atoms with E-state index in [4.69, 9.17) is 9.72 Å². The molecule has 1 aliphatic carbocycles. The highest BCUT2D eigenvalue weighted by Gasteiger charge is 2.44. The first-order valence-corrected chi connectivity index (χ1v) is 15.5. The van der Waals surface area contributed by atoms with Crippen molar-refractivity contribution in [3.8, 4) is 0 Å². The number of piperidine rings is 1. The van der Waals surface area contributed by atoms with E-state index >= 15 is 0 Å². The second kappa shape index (κ2) is 11.9. The molecule has 0 aromatic carbocycles. The standard InChI is InChI=1S/C27H38N6O3S2/c1-18-16-33(12-13-36-18)25-22(37-3)4-5-23(29-25)30-26(35)20-15-28-24(31-38-19(2)17-34)14-21(20)32-10-8-27(6-7-27)9-11-32/h4-5,14-15,18-19,34H,6-13,16-17H2,1-3H3,(H,28,31)(H,29,30,35)/t18-,19-/m1/s1. The van der Waals surface area contributed by atoms with Gasteiger partial charge < -0.3 is 29.7 Å². The van der Waals surface area contributed by atoms with Crippen molar-refractivity contribution < 1.29 is 14.6 Å². The zero-order valence-electron chi connectivity index (χ0n) is 22.4. The number of thioether (sulfide) groups is 1. The molecule has 38 heavy (non-hydrogen) atoms. The van der Waals surface area contributed by atoms with E-state index in [0.717, 1.165) is 55.4 Å². The van der Waals surface area contributed by atoms with Crippen molar-refractivity contribution in [3.05, 3.63) is 30.0 Å². The summed E-state index contributed by atoms with van der Waals surface area (Å²) >= 11 is 3.07. The lowest BCUT2D eigenvalue weighted by atomic mass is 9.93. The number of pyridine rings is 2. The fourth-order valence-electron chi connectivity index (χ4n) is 5.12. The van der Waals surface area contributed by atoms with Crippen LogP contribution in [0.2, 0.25) is 0 Å². The molecule has 5 rings (SSSR count). The van der Waals surface area contributed by atoms with Crippen molar-refractivity contribution in [1.82, 2.24) is 9.97 Å². The van der Waals surface area contributed by atoms with Crippen molar-refractivity contribution in [2.24, 2.45) is 5.41 Å². The van der Waals surface area contributed by atoms with E-state index in [2.05, 4.69) is 31.7 Å². The molecule has 206 valence electrons. The topological polar surface area (TPSA) is 103 Å². The second-order valence-electron chi connectivity index (χ2n) is 10.6. The maximum atomic E-state index is 13.6. The molecule has 9 nitrogen and oxygen atoms in total. The molecule has 1 saturated carbocycles. The quantitative estimate of drug-likeness (QED) is 0.301. The number of nitrogens with zero attached hydrogens (tertiary/aromatic N) is 4. The van der Waals surface area contributed by atoms with Crippen LogP contribution in [-0.2, 0) is 4.74 Å². The maximum Gasteiger partial charge on any atom is 0.260 e. The third kappa shape index (κ3) is 6.32. The van der Waals surface area contributed by atoms with E-state index in [9.17, 15) is 9.90 Å². The summed E-state index contributed by atoms with van der Waals surface area (Å²) in [7, 11) is 0. The number of hydrogen-bond acceptors (Lipinski definition) is 10. The zero-order chi connectivity index (χ0) is 26.7. The van der Waals surface area contributed by atoms with Gasteiger partial charge in [-0.3, -0.25) is 4.79 Å². The van der Waals surface area contributed by atoms with Gasteiger partial charge in [0.05, 0.1) is 30.6 Å². The molecule has 11 heteroatoms. The number of morpholine rings is 1. The number of aliphatic hydroxyl groups is 1. The van der Waals surface area contributed by atoms with Gasteiger partial charge >= 0.3 is 0 Å². The smallest absolute Gasteiger partial charge is 0.260 e. The van der Waals surface area contributed by atoms with Gasteiger partial charge in [-0.05, 0) is 75.3 Å². The Kier molecular flexibility index (Phi) is 8.56. The number of amides is 1. The molecule has 3 N–H and O–H groups in total. The fraction of sp³-hybridized carbons (Fsp3) is 0.593. The Bertz CT molecular complexity index is 1140. The minimum Gasteiger partial charge on any atom is -0.395 e. The molecular formula is C27H38N6O3S2. The number of carbonyl (C=O) groups excluding carboxylic acids is 1. The van der Waals surface area contributed by atoms with Crippen LogP contribution in [0, 0.1) is 5.41 Å². The first-order chi connectivity index (χ1) is 18.4. The lowest BCUT2D eigenvalue weighted by Gasteiger charge is -2.35. The predicted octanol–water partition coefficient (Wildman–Crippen LogP) is 4.50. The third-order valence-electron chi connectivity index (χ3n) is 7.71. The molecule has 2 saturated heterocycles. The van der Waals surface area contributed by atoms with Crippen LogP contribution in [-0.4, -0.2) is 78.0 Å². The Hall–Kier alpha value is -2.21. The van der Waals surface area contributed by atoms with Crippen LogP contribution in [0.25, 0.3) is 0 Å². The van der Waals surface area contributed by atoms with Crippen LogP contribution in [0.3, 0.4) is 0 Å². The first kappa shape index (κ1) is 27.4. The van der Waals surface area contributed by atoms with Crippen LogP contribution in [0.4, 0.5) is 23.1 Å². The van der Waals surface area contributed by atoms with Crippen LogP contribution in [0.15, 0.2) is 29.3 Å². The SMILES string of the molecule is CSc1ccc(NC(=O)c2cnc(NS[C@H](C)CO)cc2N2CCC3(CC2)CC3)nc1N1CCO[C@H](C)C1. The number of anilines is 4. The van der Waals surface area contributed by atoms with E-state index in [0.29, 0.717) is 29.2 Å². The summed E-state index contributed by atoms with van der Waals surface area (Å²) in [6.07, 6.45) is 8.81. The van der Waals surface area contributed by atoms with Crippen molar-refractivity contribution in [2.75, 3.05) is 65.5 Å². The van der Waals surface area contributed by atoms with Crippen molar-refractivity contribution >= 4 is 52.8 Å². The predicted molar refractivity (Wildman–Crippen MR) is 157 cm³/mol. The van der Waals surface area contributed by atoms with Gasteiger partial charge in [0.2, 0.25) is 0 Å². The molecule has 1 amide bonds. The summed E-state index contributed by atoms with van der Waals surface area (Å²) in [5, 5.41) is 12.5.